The van der Waals surface area contributed by atoms with Gasteiger partial charge in [-0.25, -0.2) is 0 Å². The zero-order valence-electron chi connectivity index (χ0n) is 13.3. The van der Waals surface area contributed by atoms with E-state index in [0.717, 1.165) is 43.4 Å². The van der Waals surface area contributed by atoms with Crippen molar-refractivity contribution in [1.29, 1.82) is 0 Å². The SMILES string of the molecule is CCc1cccc(NC(=S)N2CC[NH+](CC(=O)NC)CC2)c1. The van der Waals surface area contributed by atoms with Crippen molar-refractivity contribution in [3.8, 4) is 0 Å². The van der Waals surface area contributed by atoms with Crippen LogP contribution < -0.4 is 15.5 Å². The zero-order chi connectivity index (χ0) is 15.9. The minimum Gasteiger partial charge on any atom is -0.354 e. The third-order valence-electron chi connectivity index (χ3n) is 4.03. The van der Waals surface area contributed by atoms with Gasteiger partial charge in [0.15, 0.2) is 11.7 Å². The van der Waals surface area contributed by atoms with Crippen LogP contribution in [0.5, 0.6) is 0 Å². The fourth-order valence-electron chi connectivity index (χ4n) is 2.59. The van der Waals surface area contributed by atoms with Gasteiger partial charge in [-0.1, -0.05) is 19.1 Å². The average Bonchev–Trinajstić information content (AvgIpc) is 2.55. The number of hydrogen-bond acceptors (Lipinski definition) is 2. The normalized spacial score (nSPS) is 15.5. The van der Waals surface area contributed by atoms with Crippen LogP contribution in [-0.2, 0) is 11.2 Å². The molecule has 3 N–H and O–H groups in total. The van der Waals surface area contributed by atoms with Gasteiger partial charge in [-0.2, -0.15) is 0 Å². The number of nitrogens with one attached hydrogen (secondary N) is 3. The highest BCUT2D eigenvalue weighted by Gasteiger charge is 2.23. The number of benzene rings is 1. The summed E-state index contributed by atoms with van der Waals surface area (Å²) in [5.41, 5.74) is 2.34. The minimum atomic E-state index is 0.0977. The lowest BCUT2D eigenvalue weighted by Crippen LogP contribution is -3.15. The molecule has 1 amide bonds. The average molecular weight is 321 g/mol. The van der Waals surface area contributed by atoms with Gasteiger partial charge in [0, 0.05) is 12.7 Å². The van der Waals surface area contributed by atoms with Crippen LogP contribution in [0.4, 0.5) is 5.69 Å². The molecule has 0 radical (unpaired) electrons. The highest BCUT2D eigenvalue weighted by molar-refractivity contribution is 7.80. The Balaban J connectivity index is 1.83. The van der Waals surface area contributed by atoms with Gasteiger partial charge < -0.3 is 20.4 Å². The van der Waals surface area contributed by atoms with Gasteiger partial charge in [-0.15, -0.1) is 0 Å². The molecule has 1 fully saturated rings. The molecule has 1 aliphatic heterocycles. The van der Waals surface area contributed by atoms with E-state index in [1.807, 2.05) is 6.07 Å². The number of quaternary nitrogens is 1. The number of carbonyl (C=O) groups is 1. The summed E-state index contributed by atoms with van der Waals surface area (Å²) in [6.45, 7) is 6.32. The van der Waals surface area contributed by atoms with E-state index in [1.54, 1.807) is 7.05 Å². The number of rotatable bonds is 4. The van der Waals surface area contributed by atoms with Crippen LogP contribution in [0.15, 0.2) is 24.3 Å². The number of aryl methyl sites for hydroxylation is 1. The summed E-state index contributed by atoms with van der Waals surface area (Å²) in [7, 11) is 1.68. The van der Waals surface area contributed by atoms with E-state index in [0.29, 0.717) is 6.54 Å². The predicted molar refractivity (Wildman–Crippen MR) is 93.2 cm³/mol. The van der Waals surface area contributed by atoms with E-state index in [2.05, 4.69) is 40.7 Å². The molecule has 1 heterocycles. The van der Waals surface area contributed by atoms with Crippen LogP contribution in [0, 0.1) is 0 Å². The monoisotopic (exact) mass is 321 g/mol. The van der Waals surface area contributed by atoms with Crippen molar-refractivity contribution >= 4 is 28.9 Å². The molecule has 5 nitrogen and oxygen atoms in total. The highest BCUT2D eigenvalue weighted by atomic mass is 32.1. The van der Waals surface area contributed by atoms with Crippen LogP contribution >= 0.6 is 12.2 Å². The first-order chi connectivity index (χ1) is 10.6. The molecular weight excluding hydrogens is 296 g/mol. The Kier molecular flexibility index (Phi) is 6.15. The highest BCUT2D eigenvalue weighted by Crippen LogP contribution is 2.12. The maximum atomic E-state index is 11.4. The van der Waals surface area contributed by atoms with E-state index in [4.69, 9.17) is 12.2 Å². The van der Waals surface area contributed by atoms with E-state index >= 15 is 0 Å². The van der Waals surface area contributed by atoms with Gasteiger partial charge in [-0.3, -0.25) is 4.79 Å². The van der Waals surface area contributed by atoms with Crippen molar-refractivity contribution in [2.45, 2.75) is 13.3 Å². The molecule has 0 atom stereocenters. The Hall–Kier alpha value is -1.66. The van der Waals surface area contributed by atoms with Gasteiger partial charge in [-0.05, 0) is 36.3 Å². The number of nitrogens with zero attached hydrogens (tertiary/aromatic N) is 1. The molecule has 1 aromatic carbocycles. The van der Waals surface area contributed by atoms with Gasteiger partial charge >= 0.3 is 0 Å². The predicted octanol–water partition coefficient (Wildman–Crippen LogP) is -0.108. The second-order valence-corrected chi connectivity index (χ2v) is 5.96. The fraction of sp³-hybridized carbons (Fsp3) is 0.500. The molecule has 0 unspecified atom stereocenters. The molecule has 0 aromatic heterocycles. The Morgan fingerprint density at radius 1 is 1.36 bits per heavy atom. The molecule has 0 bridgehead atoms. The number of likely N-dealkylation sites (N-methyl/N-ethyl adjacent to an activating group) is 1. The van der Waals surface area contributed by atoms with Gasteiger partial charge in [0.2, 0.25) is 0 Å². The van der Waals surface area contributed by atoms with Crippen molar-refractivity contribution in [2.75, 3.05) is 45.1 Å². The van der Waals surface area contributed by atoms with E-state index in [9.17, 15) is 4.79 Å². The lowest BCUT2D eigenvalue weighted by molar-refractivity contribution is -0.895. The molecule has 1 aromatic rings. The first kappa shape index (κ1) is 16.7. The van der Waals surface area contributed by atoms with Crippen LogP contribution in [0.2, 0.25) is 0 Å². The Bertz CT molecular complexity index is 527. The summed E-state index contributed by atoms with van der Waals surface area (Å²) >= 11 is 5.51. The molecule has 6 heteroatoms. The topological polar surface area (TPSA) is 48.8 Å². The van der Waals surface area contributed by atoms with Crippen molar-refractivity contribution in [3.63, 3.8) is 0 Å². The molecular formula is C16H25N4OS+. The second-order valence-electron chi connectivity index (χ2n) is 5.57. The van der Waals surface area contributed by atoms with Crippen LogP contribution in [0.3, 0.4) is 0 Å². The summed E-state index contributed by atoms with van der Waals surface area (Å²) in [6, 6.07) is 8.35. The van der Waals surface area contributed by atoms with E-state index in [-0.39, 0.29) is 5.91 Å². The van der Waals surface area contributed by atoms with Crippen molar-refractivity contribution in [1.82, 2.24) is 10.2 Å². The number of piperazine rings is 1. The largest absolute Gasteiger partial charge is 0.354 e. The van der Waals surface area contributed by atoms with Gasteiger partial charge in [0.1, 0.15) is 0 Å². The standard InChI is InChI=1S/C16H24N4OS/c1-3-13-5-4-6-14(11-13)18-16(22)20-9-7-19(8-10-20)12-15(21)17-2/h4-6,11H,3,7-10,12H2,1-2H3,(H,17,21)(H,18,22)/p+1. The van der Waals surface area contributed by atoms with E-state index in [1.165, 1.54) is 10.5 Å². The zero-order valence-corrected chi connectivity index (χ0v) is 14.1. The Morgan fingerprint density at radius 2 is 2.09 bits per heavy atom. The van der Waals surface area contributed by atoms with Gasteiger partial charge in [0.05, 0.1) is 26.2 Å². The fourth-order valence-corrected chi connectivity index (χ4v) is 2.89. The number of thiocarbonyl (C=S) groups is 1. The van der Waals surface area contributed by atoms with Crippen LogP contribution in [-0.4, -0.2) is 55.7 Å². The lowest BCUT2D eigenvalue weighted by Gasteiger charge is -2.33. The second kappa shape index (κ2) is 8.10. The van der Waals surface area contributed by atoms with E-state index < -0.39 is 0 Å². The summed E-state index contributed by atoms with van der Waals surface area (Å²) in [5.74, 6) is 0.0977. The Labute approximate surface area is 137 Å². The summed E-state index contributed by atoms with van der Waals surface area (Å²) in [5, 5.41) is 6.77. The lowest BCUT2D eigenvalue weighted by atomic mass is 10.1. The molecule has 1 saturated heterocycles. The molecule has 0 spiro atoms. The molecule has 0 saturated carbocycles. The maximum absolute atomic E-state index is 11.4. The van der Waals surface area contributed by atoms with Crippen LogP contribution in [0.1, 0.15) is 12.5 Å². The minimum absolute atomic E-state index is 0.0977. The van der Waals surface area contributed by atoms with Crippen LogP contribution in [0.25, 0.3) is 0 Å². The third-order valence-corrected chi connectivity index (χ3v) is 4.39. The number of anilines is 1. The first-order valence-corrected chi connectivity index (χ1v) is 8.22. The molecule has 1 aliphatic rings. The molecule has 0 aliphatic carbocycles. The smallest absolute Gasteiger partial charge is 0.274 e. The summed E-state index contributed by atoms with van der Waals surface area (Å²) in [6.07, 6.45) is 1.02. The molecule has 22 heavy (non-hydrogen) atoms. The molecule has 2 rings (SSSR count). The van der Waals surface area contributed by atoms with Crippen molar-refractivity contribution in [2.24, 2.45) is 0 Å². The van der Waals surface area contributed by atoms with Gasteiger partial charge in [0.25, 0.3) is 5.91 Å². The number of amides is 1. The first-order valence-electron chi connectivity index (χ1n) is 7.81. The third kappa shape index (κ3) is 4.68. The van der Waals surface area contributed by atoms with Crippen molar-refractivity contribution < 1.29 is 9.69 Å². The quantitative estimate of drug-likeness (QED) is 0.678. The maximum Gasteiger partial charge on any atom is 0.274 e. The summed E-state index contributed by atoms with van der Waals surface area (Å²) in [4.78, 5) is 14.9. The molecule has 120 valence electrons. The summed E-state index contributed by atoms with van der Waals surface area (Å²) < 4.78 is 0. The van der Waals surface area contributed by atoms with Crippen molar-refractivity contribution in [3.05, 3.63) is 29.8 Å². The number of carbonyl (C=O) groups excluding carboxylic acids is 1. The number of hydrogen-bond donors (Lipinski definition) is 3. The Morgan fingerprint density at radius 3 is 2.73 bits per heavy atom.